The topological polar surface area (TPSA) is 68.2 Å². The Morgan fingerprint density at radius 3 is 2.55 bits per heavy atom. The molecule has 0 spiro atoms. The second kappa shape index (κ2) is 10.3. The molecule has 0 saturated carbocycles. The van der Waals surface area contributed by atoms with Crippen LogP contribution in [0.15, 0.2) is 53.7 Å². The van der Waals surface area contributed by atoms with E-state index in [1.807, 2.05) is 43.3 Å². The van der Waals surface area contributed by atoms with Crippen LogP contribution in [0.4, 0.5) is 5.69 Å². The number of para-hydroxylation sites is 1. The van der Waals surface area contributed by atoms with E-state index in [2.05, 4.69) is 43.1 Å². The molecule has 172 valence electrons. The van der Waals surface area contributed by atoms with E-state index in [9.17, 15) is 4.79 Å². The van der Waals surface area contributed by atoms with Crippen LogP contribution in [-0.2, 0) is 11.2 Å². The zero-order valence-electron chi connectivity index (χ0n) is 19.6. The third-order valence-corrected chi connectivity index (χ3v) is 6.73. The van der Waals surface area contributed by atoms with Crippen molar-refractivity contribution in [3.8, 4) is 17.1 Å². The number of fused-ring (bicyclic) bond motifs is 3. The van der Waals surface area contributed by atoms with Gasteiger partial charge in [-0.2, -0.15) is 4.98 Å². The Bertz CT molecular complexity index is 1120. The molecule has 33 heavy (non-hydrogen) atoms. The van der Waals surface area contributed by atoms with E-state index in [0.29, 0.717) is 29.1 Å². The van der Waals surface area contributed by atoms with Gasteiger partial charge in [0.25, 0.3) is 0 Å². The summed E-state index contributed by atoms with van der Waals surface area (Å²) >= 11 is 1.56. The van der Waals surface area contributed by atoms with Crippen molar-refractivity contribution >= 4 is 23.4 Å². The first-order chi connectivity index (χ1) is 16.0. The summed E-state index contributed by atoms with van der Waals surface area (Å²) in [6.45, 7) is 8.45. The third-order valence-electron chi connectivity index (χ3n) is 5.46. The molecule has 0 fully saturated rings. The molecule has 0 saturated heterocycles. The van der Waals surface area contributed by atoms with Gasteiger partial charge in [-0.3, -0.25) is 9.69 Å². The van der Waals surface area contributed by atoms with E-state index < -0.39 is 6.23 Å². The van der Waals surface area contributed by atoms with Gasteiger partial charge < -0.3 is 4.74 Å². The number of anilines is 1. The zero-order valence-corrected chi connectivity index (χ0v) is 20.4. The van der Waals surface area contributed by atoms with Crippen molar-refractivity contribution in [1.29, 1.82) is 0 Å². The predicted octanol–water partition coefficient (Wildman–Crippen LogP) is 6.07. The largest absolute Gasteiger partial charge is 0.447 e. The summed E-state index contributed by atoms with van der Waals surface area (Å²) in [5.74, 6) is 1.80. The van der Waals surface area contributed by atoms with E-state index in [-0.39, 0.29) is 5.91 Å². The molecule has 6 nitrogen and oxygen atoms in total. The molecule has 0 N–H and O–H groups in total. The van der Waals surface area contributed by atoms with E-state index in [4.69, 9.17) is 9.72 Å². The van der Waals surface area contributed by atoms with Gasteiger partial charge in [0.1, 0.15) is 0 Å². The molecule has 2 heterocycles. The Balaban J connectivity index is 1.86. The van der Waals surface area contributed by atoms with Crippen LogP contribution >= 0.6 is 11.8 Å². The maximum atomic E-state index is 13.4. The minimum Gasteiger partial charge on any atom is -0.447 e. The zero-order chi connectivity index (χ0) is 23.4. The van der Waals surface area contributed by atoms with Crippen molar-refractivity contribution in [2.45, 2.75) is 58.3 Å². The Morgan fingerprint density at radius 2 is 1.85 bits per heavy atom. The molecule has 0 bridgehead atoms. The third kappa shape index (κ3) is 5.03. The van der Waals surface area contributed by atoms with Crippen molar-refractivity contribution in [3.63, 3.8) is 0 Å². The van der Waals surface area contributed by atoms with Crippen LogP contribution in [0.2, 0.25) is 0 Å². The van der Waals surface area contributed by atoms with Gasteiger partial charge in [-0.25, -0.2) is 0 Å². The van der Waals surface area contributed by atoms with E-state index in [1.165, 1.54) is 5.56 Å². The monoisotopic (exact) mass is 462 g/mol. The number of rotatable bonds is 7. The van der Waals surface area contributed by atoms with Gasteiger partial charge in [-0.05, 0) is 30.4 Å². The van der Waals surface area contributed by atoms with Crippen LogP contribution in [0.1, 0.15) is 57.9 Å². The van der Waals surface area contributed by atoms with Gasteiger partial charge in [0, 0.05) is 23.3 Å². The predicted molar refractivity (Wildman–Crippen MR) is 132 cm³/mol. The highest BCUT2D eigenvalue weighted by Gasteiger charge is 2.35. The van der Waals surface area contributed by atoms with Crippen LogP contribution in [0.25, 0.3) is 11.3 Å². The summed E-state index contributed by atoms with van der Waals surface area (Å²) in [5.41, 5.74) is 4.25. The summed E-state index contributed by atoms with van der Waals surface area (Å²) in [4.78, 5) is 19.9. The van der Waals surface area contributed by atoms with Gasteiger partial charge in [-0.1, -0.05) is 81.9 Å². The smallest absolute Gasteiger partial charge is 0.247 e. The summed E-state index contributed by atoms with van der Waals surface area (Å²) in [6.07, 6.45) is 1.48. The highest BCUT2D eigenvalue weighted by Crippen LogP contribution is 2.43. The van der Waals surface area contributed by atoms with Gasteiger partial charge in [0.05, 0.1) is 5.69 Å². The van der Waals surface area contributed by atoms with Crippen molar-refractivity contribution < 1.29 is 9.53 Å². The first-order valence-electron chi connectivity index (χ1n) is 11.6. The Labute approximate surface area is 199 Å². The first-order valence-corrected chi connectivity index (χ1v) is 12.5. The molecule has 7 heteroatoms. The van der Waals surface area contributed by atoms with Gasteiger partial charge >= 0.3 is 0 Å². The van der Waals surface area contributed by atoms with Crippen molar-refractivity contribution in [1.82, 2.24) is 15.2 Å². The molecule has 0 radical (unpaired) electrons. The van der Waals surface area contributed by atoms with E-state index in [0.717, 1.165) is 35.4 Å². The normalized spacial score (nSPS) is 14.9. The number of nitrogens with zero attached hydrogens (tertiary/aromatic N) is 4. The molecular formula is C26H30N4O2S. The van der Waals surface area contributed by atoms with Crippen molar-refractivity contribution in [3.05, 3.63) is 59.7 Å². The molecule has 1 atom stereocenters. The number of carbonyl (C=O) groups is 1. The van der Waals surface area contributed by atoms with Crippen LogP contribution in [0.3, 0.4) is 0 Å². The number of hydrogen-bond acceptors (Lipinski definition) is 6. The fraction of sp³-hybridized carbons (Fsp3) is 0.385. The second-order valence-corrected chi connectivity index (χ2v) is 9.54. The number of hydrogen-bond donors (Lipinski definition) is 0. The maximum Gasteiger partial charge on any atom is 0.247 e. The minimum atomic E-state index is -0.642. The minimum absolute atomic E-state index is 0.00434. The molecule has 3 aromatic rings. The SMILES string of the molecule is CCCC(=O)N1c2ccccc2-c2nnc(SCC(C)C)nc2O[C@H]1c1ccc(CC)cc1. The number of thioether (sulfide) groups is 1. The quantitative estimate of drug-likeness (QED) is 0.397. The van der Waals surface area contributed by atoms with Crippen molar-refractivity contribution in [2.75, 3.05) is 10.7 Å². The number of carbonyl (C=O) groups excluding carboxylic acids is 1. The molecule has 1 aliphatic heterocycles. The lowest BCUT2D eigenvalue weighted by Crippen LogP contribution is -2.37. The molecule has 1 aromatic heterocycles. The highest BCUT2D eigenvalue weighted by atomic mass is 32.2. The molecule has 1 amide bonds. The lowest BCUT2D eigenvalue weighted by atomic mass is 10.1. The average molecular weight is 463 g/mol. The second-order valence-electron chi connectivity index (χ2n) is 8.55. The average Bonchev–Trinajstić information content (AvgIpc) is 2.97. The molecule has 0 aliphatic carbocycles. The van der Waals surface area contributed by atoms with Gasteiger partial charge in [0.15, 0.2) is 5.69 Å². The van der Waals surface area contributed by atoms with Crippen LogP contribution in [-0.4, -0.2) is 26.8 Å². The van der Waals surface area contributed by atoms with Gasteiger partial charge in [0.2, 0.25) is 23.2 Å². The Hall–Kier alpha value is -2.93. The standard InChI is InChI=1S/C26H30N4O2S/c1-5-9-22(31)30-21-11-8-7-10-20(21)23-24(27-26(29-28-23)33-16-17(3)4)32-25(30)19-14-12-18(6-2)13-15-19/h7-8,10-15,17,25H,5-6,9,16H2,1-4H3/t25-/m0/s1. The molecule has 1 aliphatic rings. The van der Waals surface area contributed by atoms with Crippen molar-refractivity contribution in [2.24, 2.45) is 5.92 Å². The number of ether oxygens (including phenoxy) is 1. The fourth-order valence-electron chi connectivity index (χ4n) is 3.75. The highest BCUT2D eigenvalue weighted by molar-refractivity contribution is 7.99. The van der Waals surface area contributed by atoms with Gasteiger partial charge in [-0.15, -0.1) is 10.2 Å². The summed E-state index contributed by atoms with van der Waals surface area (Å²) in [7, 11) is 0. The molecule has 2 aromatic carbocycles. The van der Waals surface area contributed by atoms with Crippen LogP contribution < -0.4 is 9.64 Å². The Kier molecular flexibility index (Phi) is 7.28. The molecule has 4 rings (SSSR count). The lowest BCUT2D eigenvalue weighted by Gasteiger charge is -2.31. The van der Waals surface area contributed by atoms with Crippen LogP contribution in [0, 0.1) is 5.92 Å². The number of benzene rings is 2. The summed E-state index contributed by atoms with van der Waals surface area (Å²) < 4.78 is 6.50. The van der Waals surface area contributed by atoms with E-state index in [1.54, 1.807) is 16.7 Å². The number of amides is 1. The van der Waals surface area contributed by atoms with E-state index >= 15 is 0 Å². The molecular weight excluding hydrogens is 432 g/mol. The Morgan fingerprint density at radius 1 is 1.09 bits per heavy atom. The molecule has 0 unspecified atom stereocenters. The number of aryl methyl sites for hydroxylation is 1. The first kappa shape index (κ1) is 23.2. The lowest BCUT2D eigenvalue weighted by molar-refractivity contribution is -0.120. The summed E-state index contributed by atoms with van der Waals surface area (Å²) in [5, 5.41) is 9.42. The summed E-state index contributed by atoms with van der Waals surface area (Å²) in [6, 6.07) is 16.0. The van der Waals surface area contributed by atoms with Crippen LogP contribution in [0.5, 0.6) is 5.88 Å². The number of aromatic nitrogens is 3. The maximum absolute atomic E-state index is 13.4. The fourth-order valence-corrected chi connectivity index (χ4v) is 4.48.